The van der Waals surface area contributed by atoms with Crippen LogP contribution in [0.3, 0.4) is 0 Å². The molecule has 1 saturated carbocycles. The molecule has 0 aliphatic heterocycles. The normalized spacial score (nSPS) is 26.1. The van der Waals surface area contributed by atoms with Gasteiger partial charge in [-0.25, -0.2) is 0 Å². The maximum absolute atomic E-state index is 10.8. The van der Waals surface area contributed by atoms with E-state index in [1.54, 1.807) is 6.92 Å². The van der Waals surface area contributed by atoms with E-state index in [9.17, 15) is 15.0 Å². The first-order chi connectivity index (χ1) is 9.61. The summed E-state index contributed by atoms with van der Waals surface area (Å²) in [4.78, 5) is 10.8. The van der Waals surface area contributed by atoms with Crippen molar-refractivity contribution in [3.8, 4) is 0 Å². The standard InChI is InChI=1S/C17H32O3/c1-14(18)10-8-6-4-2-3-5-7-9-11-15-12-13-16(19)17(15)20/h15-17,19-20H,2-13H2,1H3/t15-,16+,17-/m1/s1. The molecule has 1 aliphatic rings. The van der Waals surface area contributed by atoms with Gasteiger partial charge in [0.1, 0.15) is 5.78 Å². The number of unbranched alkanes of at least 4 members (excludes halogenated alkanes) is 7. The smallest absolute Gasteiger partial charge is 0.129 e. The van der Waals surface area contributed by atoms with Crippen LogP contribution in [0, 0.1) is 5.92 Å². The third-order valence-corrected chi connectivity index (χ3v) is 4.56. The summed E-state index contributed by atoms with van der Waals surface area (Å²) in [5, 5.41) is 19.2. The molecule has 0 radical (unpaired) electrons. The van der Waals surface area contributed by atoms with Crippen LogP contribution < -0.4 is 0 Å². The van der Waals surface area contributed by atoms with Gasteiger partial charge in [-0.15, -0.1) is 0 Å². The molecule has 1 rings (SSSR count). The van der Waals surface area contributed by atoms with Gasteiger partial charge in [0.2, 0.25) is 0 Å². The lowest BCUT2D eigenvalue weighted by Gasteiger charge is -2.15. The molecule has 0 aromatic heterocycles. The van der Waals surface area contributed by atoms with Crippen LogP contribution in [0.15, 0.2) is 0 Å². The number of ketones is 1. The van der Waals surface area contributed by atoms with E-state index in [0.717, 1.165) is 32.1 Å². The maximum atomic E-state index is 10.8. The van der Waals surface area contributed by atoms with E-state index in [-0.39, 0.29) is 0 Å². The minimum atomic E-state index is -0.477. The minimum absolute atomic E-state index is 0.309. The lowest BCUT2D eigenvalue weighted by atomic mass is 9.97. The second kappa shape index (κ2) is 10.3. The highest BCUT2D eigenvalue weighted by Gasteiger charge is 2.32. The lowest BCUT2D eigenvalue weighted by Crippen LogP contribution is -2.24. The molecule has 20 heavy (non-hydrogen) atoms. The molecule has 0 saturated heterocycles. The van der Waals surface area contributed by atoms with Gasteiger partial charge in [0.15, 0.2) is 0 Å². The van der Waals surface area contributed by atoms with E-state index in [2.05, 4.69) is 0 Å². The molecule has 0 unspecified atom stereocenters. The number of aliphatic hydroxyl groups is 2. The highest BCUT2D eigenvalue weighted by atomic mass is 16.3. The topological polar surface area (TPSA) is 57.5 Å². The molecule has 0 bridgehead atoms. The van der Waals surface area contributed by atoms with Crippen molar-refractivity contribution in [1.82, 2.24) is 0 Å². The Morgan fingerprint density at radius 3 is 1.95 bits per heavy atom. The molecule has 0 heterocycles. The molecule has 0 aromatic rings. The Morgan fingerprint density at radius 1 is 0.900 bits per heavy atom. The van der Waals surface area contributed by atoms with Crippen LogP contribution in [0.25, 0.3) is 0 Å². The van der Waals surface area contributed by atoms with Gasteiger partial charge in [-0.2, -0.15) is 0 Å². The number of hydrogen-bond donors (Lipinski definition) is 2. The molecule has 1 fully saturated rings. The second-order valence-corrected chi connectivity index (χ2v) is 6.46. The van der Waals surface area contributed by atoms with E-state index in [0.29, 0.717) is 11.7 Å². The molecule has 3 heteroatoms. The summed E-state index contributed by atoms with van der Waals surface area (Å²) in [5.41, 5.74) is 0. The third-order valence-electron chi connectivity index (χ3n) is 4.56. The fourth-order valence-corrected chi connectivity index (χ4v) is 3.20. The van der Waals surface area contributed by atoms with Crippen molar-refractivity contribution in [2.24, 2.45) is 5.92 Å². The molecule has 0 amide bonds. The number of Topliss-reactive ketones (excluding diaryl/α,β-unsaturated/α-hetero) is 1. The second-order valence-electron chi connectivity index (χ2n) is 6.46. The van der Waals surface area contributed by atoms with Crippen molar-refractivity contribution in [3.05, 3.63) is 0 Å². The van der Waals surface area contributed by atoms with Gasteiger partial charge >= 0.3 is 0 Å². The first kappa shape index (κ1) is 17.6. The van der Waals surface area contributed by atoms with Crippen molar-refractivity contribution in [2.75, 3.05) is 0 Å². The van der Waals surface area contributed by atoms with Crippen LogP contribution in [0.5, 0.6) is 0 Å². The first-order valence-electron chi connectivity index (χ1n) is 8.47. The predicted molar refractivity (Wildman–Crippen MR) is 81.6 cm³/mol. The zero-order chi connectivity index (χ0) is 14.8. The molecule has 3 atom stereocenters. The van der Waals surface area contributed by atoms with Crippen molar-refractivity contribution in [1.29, 1.82) is 0 Å². The number of carbonyl (C=O) groups excluding carboxylic acids is 1. The SMILES string of the molecule is CC(=O)CCCCCCCCCC[C@@H]1CC[C@H](O)[C@@H]1O. The summed E-state index contributed by atoms with van der Waals surface area (Å²) < 4.78 is 0. The van der Waals surface area contributed by atoms with Gasteiger partial charge in [0, 0.05) is 6.42 Å². The summed E-state index contributed by atoms with van der Waals surface area (Å²) in [6.07, 6.45) is 12.4. The van der Waals surface area contributed by atoms with E-state index >= 15 is 0 Å². The van der Waals surface area contributed by atoms with Crippen LogP contribution in [0.2, 0.25) is 0 Å². The average Bonchev–Trinajstić information content (AvgIpc) is 2.72. The number of hydrogen-bond acceptors (Lipinski definition) is 3. The van der Waals surface area contributed by atoms with Gasteiger partial charge in [-0.05, 0) is 38.5 Å². The summed E-state index contributed by atoms with van der Waals surface area (Å²) in [5.74, 6) is 0.640. The molecule has 118 valence electrons. The van der Waals surface area contributed by atoms with Crippen molar-refractivity contribution in [3.63, 3.8) is 0 Å². The first-order valence-corrected chi connectivity index (χ1v) is 8.47. The van der Waals surface area contributed by atoms with Crippen LogP contribution >= 0.6 is 0 Å². The quantitative estimate of drug-likeness (QED) is 0.570. The minimum Gasteiger partial charge on any atom is -0.390 e. The largest absolute Gasteiger partial charge is 0.390 e. The van der Waals surface area contributed by atoms with E-state index in [1.807, 2.05) is 0 Å². The summed E-state index contributed by atoms with van der Waals surface area (Å²) >= 11 is 0. The zero-order valence-corrected chi connectivity index (χ0v) is 13.0. The van der Waals surface area contributed by atoms with Gasteiger partial charge in [0.05, 0.1) is 12.2 Å². The molecule has 3 nitrogen and oxygen atoms in total. The summed E-state index contributed by atoms with van der Waals surface area (Å²) in [6.45, 7) is 1.67. The van der Waals surface area contributed by atoms with Gasteiger partial charge in [-0.3, -0.25) is 0 Å². The van der Waals surface area contributed by atoms with Gasteiger partial charge in [-0.1, -0.05) is 44.9 Å². The molecular formula is C17H32O3. The third kappa shape index (κ3) is 7.39. The van der Waals surface area contributed by atoms with Crippen molar-refractivity contribution >= 4 is 5.78 Å². The highest BCUT2D eigenvalue weighted by molar-refractivity contribution is 5.75. The molecule has 1 aliphatic carbocycles. The fraction of sp³-hybridized carbons (Fsp3) is 0.941. The predicted octanol–water partition coefficient (Wildman–Crippen LogP) is 3.61. The van der Waals surface area contributed by atoms with Crippen LogP contribution in [0.4, 0.5) is 0 Å². The van der Waals surface area contributed by atoms with E-state index < -0.39 is 12.2 Å². The lowest BCUT2D eigenvalue weighted by molar-refractivity contribution is -0.117. The Morgan fingerprint density at radius 2 is 1.45 bits per heavy atom. The van der Waals surface area contributed by atoms with Crippen LogP contribution in [-0.4, -0.2) is 28.2 Å². The number of rotatable bonds is 11. The summed E-state index contributed by atoms with van der Waals surface area (Å²) in [7, 11) is 0. The number of aliphatic hydroxyl groups excluding tert-OH is 2. The Labute approximate surface area is 123 Å². The zero-order valence-electron chi connectivity index (χ0n) is 13.0. The molecular weight excluding hydrogens is 252 g/mol. The molecule has 0 aromatic carbocycles. The highest BCUT2D eigenvalue weighted by Crippen LogP contribution is 2.30. The molecule has 0 spiro atoms. The Bertz CT molecular complexity index is 265. The Balaban J connectivity index is 1.82. The van der Waals surface area contributed by atoms with Crippen LogP contribution in [-0.2, 0) is 4.79 Å². The Hall–Kier alpha value is -0.410. The molecule has 2 N–H and O–H groups in total. The Kier molecular flexibility index (Phi) is 9.12. The van der Waals surface area contributed by atoms with E-state index in [1.165, 1.54) is 44.9 Å². The summed E-state index contributed by atoms with van der Waals surface area (Å²) in [6, 6.07) is 0. The maximum Gasteiger partial charge on any atom is 0.129 e. The van der Waals surface area contributed by atoms with Crippen molar-refractivity contribution in [2.45, 2.75) is 96.2 Å². The fourth-order valence-electron chi connectivity index (χ4n) is 3.20. The van der Waals surface area contributed by atoms with Crippen molar-refractivity contribution < 1.29 is 15.0 Å². The van der Waals surface area contributed by atoms with Gasteiger partial charge in [0.25, 0.3) is 0 Å². The van der Waals surface area contributed by atoms with Crippen LogP contribution in [0.1, 0.15) is 84.0 Å². The number of carbonyl (C=O) groups is 1. The average molecular weight is 284 g/mol. The van der Waals surface area contributed by atoms with E-state index in [4.69, 9.17) is 0 Å². The van der Waals surface area contributed by atoms with Gasteiger partial charge < -0.3 is 15.0 Å². The monoisotopic (exact) mass is 284 g/mol.